The van der Waals surface area contributed by atoms with E-state index in [4.69, 9.17) is 5.11 Å². The van der Waals surface area contributed by atoms with Crippen LogP contribution in [0.15, 0.2) is 4.34 Å². The van der Waals surface area contributed by atoms with Crippen LogP contribution in [-0.2, 0) is 0 Å². The molecule has 0 aliphatic heterocycles. The molecule has 92 valence electrons. The molecule has 0 aliphatic carbocycles. The summed E-state index contributed by atoms with van der Waals surface area (Å²) >= 11 is 3.37. The van der Waals surface area contributed by atoms with Crippen LogP contribution in [0.4, 0.5) is 5.13 Å². The highest BCUT2D eigenvalue weighted by Crippen LogP contribution is 2.26. The van der Waals surface area contributed by atoms with Crippen molar-refractivity contribution in [2.45, 2.75) is 36.9 Å². The van der Waals surface area contributed by atoms with Crippen LogP contribution in [-0.4, -0.2) is 34.2 Å². The zero-order valence-corrected chi connectivity index (χ0v) is 11.2. The molecular weight excluding hydrogens is 242 g/mol. The van der Waals surface area contributed by atoms with Gasteiger partial charge in [-0.05, 0) is 19.3 Å². The number of aliphatic hydroxyl groups is 1. The highest BCUT2D eigenvalue weighted by Gasteiger charge is 2.03. The van der Waals surface area contributed by atoms with Crippen molar-refractivity contribution < 1.29 is 5.11 Å². The predicted molar refractivity (Wildman–Crippen MR) is 70.4 cm³/mol. The van der Waals surface area contributed by atoms with Crippen LogP contribution in [0.3, 0.4) is 0 Å². The van der Waals surface area contributed by atoms with Crippen LogP contribution in [0.25, 0.3) is 0 Å². The third-order valence-electron chi connectivity index (χ3n) is 1.96. The quantitative estimate of drug-likeness (QED) is 0.528. The maximum absolute atomic E-state index is 8.63. The molecular formula is C10H19N3OS2. The molecule has 1 heterocycles. The molecule has 16 heavy (non-hydrogen) atoms. The van der Waals surface area contributed by atoms with E-state index >= 15 is 0 Å². The molecule has 0 atom stereocenters. The number of aliphatic hydroxyl groups excluding tert-OH is 1. The number of nitrogens with zero attached hydrogens (tertiary/aromatic N) is 2. The second-order valence-corrected chi connectivity index (χ2v) is 5.75. The van der Waals surface area contributed by atoms with Crippen LogP contribution in [0, 0.1) is 0 Å². The number of hydrogen-bond donors (Lipinski definition) is 2. The van der Waals surface area contributed by atoms with Crippen LogP contribution < -0.4 is 5.32 Å². The number of thioether (sulfide) groups is 1. The molecule has 6 heteroatoms. The Morgan fingerprint density at radius 1 is 1.31 bits per heavy atom. The van der Waals surface area contributed by atoms with E-state index in [1.165, 1.54) is 0 Å². The first-order chi connectivity index (χ1) is 7.86. The summed E-state index contributed by atoms with van der Waals surface area (Å²) in [7, 11) is 0. The number of aromatic nitrogens is 2. The van der Waals surface area contributed by atoms with Crippen molar-refractivity contribution >= 4 is 28.2 Å². The van der Waals surface area contributed by atoms with E-state index in [2.05, 4.69) is 22.4 Å². The summed E-state index contributed by atoms with van der Waals surface area (Å²) in [5.74, 6) is 1.06. The van der Waals surface area contributed by atoms with Crippen molar-refractivity contribution in [3.63, 3.8) is 0 Å². The second kappa shape index (κ2) is 8.78. The van der Waals surface area contributed by atoms with Crippen molar-refractivity contribution in [3.05, 3.63) is 0 Å². The standard InChI is InChI=1S/C10H19N3OS2/c1-2-6-11-9-12-13-10(16-9)15-8-5-3-4-7-14/h14H,2-8H2,1H3,(H,11,12). The van der Waals surface area contributed by atoms with Gasteiger partial charge in [0, 0.05) is 18.9 Å². The summed E-state index contributed by atoms with van der Waals surface area (Å²) in [5, 5.41) is 20.9. The SMILES string of the molecule is CCCNc1nnc(SCCCCCO)s1. The minimum Gasteiger partial charge on any atom is -0.396 e. The Kier molecular flexibility index (Phi) is 7.54. The summed E-state index contributed by atoms with van der Waals surface area (Å²) < 4.78 is 1.03. The van der Waals surface area contributed by atoms with Gasteiger partial charge in [0.25, 0.3) is 0 Å². The fourth-order valence-corrected chi connectivity index (χ4v) is 2.97. The van der Waals surface area contributed by atoms with Gasteiger partial charge < -0.3 is 10.4 Å². The lowest BCUT2D eigenvalue weighted by molar-refractivity contribution is 0.284. The Bertz CT molecular complexity index is 281. The Balaban J connectivity index is 2.14. The molecule has 1 aromatic heterocycles. The molecule has 0 aliphatic rings. The van der Waals surface area contributed by atoms with Crippen LogP contribution in [0.5, 0.6) is 0 Å². The Morgan fingerprint density at radius 3 is 2.94 bits per heavy atom. The highest BCUT2D eigenvalue weighted by molar-refractivity contribution is 8.01. The van der Waals surface area contributed by atoms with E-state index < -0.39 is 0 Å². The van der Waals surface area contributed by atoms with Gasteiger partial charge in [-0.1, -0.05) is 36.4 Å². The molecule has 0 spiro atoms. The van der Waals surface area contributed by atoms with Crippen molar-refractivity contribution in [3.8, 4) is 0 Å². The van der Waals surface area contributed by atoms with Crippen LogP contribution in [0.1, 0.15) is 32.6 Å². The molecule has 0 fully saturated rings. The molecule has 0 saturated heterocycles. The van der Waals surface area contributed by atoms with Gasteiger partial charge in [-0.15, -0.1) is 10.2 Å². The maximum Gasteiger partial charge on any atom is 0.206 e. The maximum atomic E-state index is 8.63. The summed E-state index contributed by atoms with van der Waals surface area (Å²) in [5.41, 5.74) is 0. The van der Waals surface area contributed by atoms with E-state index in [1.54, 1.807) is 23.1 Å². The van der Waals surface area contributed by atoms with Crippen molar-refractivity contribution in [2.24, 2.45) is 0 Å². The largest absolute Gasteiger partial charge is 0.396 e. The third-order valence-corrected chi connectivity index (χ3v) is 4.06. The molecule has 0 radical (unpaired) electrons. The van der Waals surface area contributed by atoms with Crippen molar-refractivity contribution in [1.82, 2.24) is 10.2 Å². The highest BCUT2D eigenvalue weighted by atomic mass is 32.2. The average molecular weight is 261 g/mol. The van der Waals surface area contributed by atoms with Gasteiger partial charge in [0.1, 0.15) is 0 Å². The molecule has 0 saturated carbocycles. The molecule has 0 unspecified atom stereocenters. The van der Waals surface area contributed by atoms with Crippen LogP contribution >= 0.6 is 23.1 Å². The second-order valence-electron chi connectivity index (χ2n) is 3.43. The topological polar surface area (TPSA) is 58.0 Å². The number of unbranched alkanes of at least 4 members (excludes halogenated alkanes) is 2. The normalized spacial score (nSPS) is 10.6. The molecule has 1 rings (SSSR count). The summed E-state index contributed by atoms with van der Waals surface area (Å²) in [6, 6.07) is 0. The first-order valence-corrected chi connectivity index (χ1v) is 7.48. The van der Waals surface area contributed by atoms with Gasteiger partial charge in [-0.25, -0.2) is 0 Å². The molecule has 4 nitrogen and oxygen atoms in total. The lowest BCUT2D eigenvalue weighted by Crippen LogP contribution is -1.98. The first kappa shape index (κ1) is 13.7. The fraction of sp³-hybridized carbons (Fsp3) is 0.800. The van der Waals surface area contributed by atoms with Gasteiger partial charge in [0.05, 0.1) is 0 Å². The fourth-order valence-electron chi connectivity index (χ4n) is 1.12. The lowest BCUT2D eigenvalue weighted by Gasteiger charge is -1.97. The number of nitrogens with one attached hydrogen (secondary N) is 1. The lowest BCUT2D eigenvalue weighted by atomic mass is 10.3. The van der Waals surface area contributed by atoms with Gasteiger partial charge >= 0.3 is 0 Å². The molecule has 0 aromatic carbocycles. The van der Waals surface area contributed by atoms with Crippen molar-refractivity contribution in [2.75, 3.05) is 24.2 Å². The van der Waals surface area contributed by atoms with Crippen LogP contribution in [0.2, 0.25) is 0 Å². The molecule has 2 N–H and O–H groups in total. The molecule has 0 bridgehead atoms. The van der Waals surface area contributed by atoms with E-state index in [9.17, 15) is 0 Å². The minimum atomic E-state index is 0.300. The first-order valence-electron chi connectivity index (χ1n) is 5.68. The van der Waals surface area contributed by atoms with Gasteiger partial charge in [-0.3, -0.25) is 0 Å². The average Bonchev–Trinajstić information content (AvgIpc) is 2.74. The van der Waals surface area contributed by atoms with Crippen molar-refractivity contribution in [1.29, 1.82) is 0 Å². The molecule has 1 aromatic rings. The van der Waals surface area contributed by atoms with E-state index in [0.29, 0.717) is 6.61 Å². The molecule has 0 amide bonds. The summed E-state index contributed by atoms with van der Waals surface area (Å²) in [6.07, 6.45) is 4.22. The number of hydrogen-bond acceptors (Lipinski definition) is 6. The van der Waals surface area contributed by atoms with E-state index in [1.807, 2.05) is 0 Å². The van der Waals surface area contributed by atoms with Gasteiger partial charge in [0.2, 0.25) is 5.13 Å². The summed E-state index contributed by atoms with van der Waals surface area (Å²) in [6.45, 7) is 3.38. The zero-order chi connectivity index (χ0) is 11.6. The van der Waals surface area contributed by atoms with Gasteiger partial charge in [0.15, 0.2) is 4.34 Å². The monoisotopic (exact) mass is 261 g/mol. The van der Waals surface area contributed by atoms with E-state index in [-0.39, 0.29) is 0 Å². The summed E-state index contributed by atoms with van der Waals surface area (Å²) in [4.78, 5) is 0. The third kappa shape index (κ3) is 5.67. The minimum absolute atomic E-state index is 0.300. The van der Waals surface area contributed by atoms with Gasteiger partial charge in [-0.2, -0.15) is 0 Å². The van der Waals surface area contributed by atoms with E-state index in [0.717, 1.165) is 47.5 Å². The Morgan fingerprint density at radius 2 is 2.19 bits per heavy atom. The number of anilines is 1. The zero-order valence-electron chi connectivity index (χ0n) is 9.61. The Hall–Kier alpha value is -0.330. The Labute approximate surface area is 105 Å². The predicted octanol–water partition coefficient (Wildman–Crippen LogP) is 2.61. The number of rotatable bonds is 9. The smallest absolute Gasteiger partial charge is 0.206 e.